The number of aryl methyl sites for hydroxylation is 1. The fraction of sp³-hybridized carbons (Fsp3) is 0.294. The Labute approximate surface area is 129 Å². The van der Waals surface area contributed by atoms with Crippen molar-refractivity contribution in [3.05, 3.63) is 58.1 Å². The monoisotopic (exact) mass is 333 g/mol. The molecule has 0 aliphatic heterocycles. The highest BCUT2D eigenvalue weighted by molar-refractivity contribution is 9.10. The Balaban J connectivity index is 1.97. The molecule has 0 heterocycles. The van der Waals surface area contributed by atoms with Gasteiger partial charge in [0.1, 0.15) is 5.75 Å². The maximum atomic E-state index is 5.17. The predicted octanol–water partition coefficient (Wildman–Crippen LogP) is 4.81. The SMILES string of the molecule is COc1ccc(CC(C)Nc2ccc(Br)c(C)c2)cc1. The molecule has 2 nitrogen and oxygen atoms in total. The van der Waals surface area contributed by atoms with Crippen LogP contribution in [0.15, 0.2) is 46.9 Å². The van der Waals surface area contributed by atoms with Crippen LogP contribution in [0.2, 0.25) is 0 Å². The first kappa shape index (κ1) is 14.9. The zero-order chi connectivity index (χ0) is 14.5. The van der Waals surface area contributed by atoms with Gasteiger partial charge in [-0.25, -0.2) is 0 Å². The molecule has 3 heteroatoms. The fourth-order valence-corrected chi connectivity index (χ4v) is 2.43. The normalized spacial score (nSPS) is 12.0. The first-order chi connectivity index (χ1) is 9.58. The summed E-state index contributed by atoms with van der Waals surface area (Å²) in [6.45, 7) is 4.30. The maximum absolute atomic E-state index is 5.17. The van der Waals surface area contributed by atoms with E-state index in [1.165, 1.54) is 11.1 Å². The van der Waals surface area contributed by atoms with Gasteiger partial charge in [-0.15, -0.1) is 0 Å². The van der Waals surface area contributed by atoms with Gasteiger partial charge in [0.05, 0.1) is 7.11 Å². The topological polar surface area (TPSA) is 21.3 Å². The second-order valence-electron chi connectivity index (χ2n) is 5.06. The molecule has 20 heavy (non-hydrogen) atoms. The Kier molecular flexibility index (Phi) is 5.07. The summed E-state index contributed by atoms with van der Waals surface area (Å²) >= 11 is 3.52. The molecule has 1 N–H and O–H groups in total. The van der Waals surface area contributed by atoms with Crippen LogP contribution in [0.25, 0.3) is 0 Å². The number of methoxy groups -OCH3 is 1. The zero-order valence-electron chi connectivity index (χ0n) is 12.1. The number of benzene rings is 2. The van der Waals surface area contributed by atoms with E-state index in [4.69, 9.17) is 4.74 Å². The van der Waals surface area contributed by atoms with Crippen LogP contribution >= 0.6 is 15.9 Å². The van der Waals surface area contributed by atoms with Gasteiger partial charge in [-0.2, -0.15) is 0 Å². The molecule has 2 aromatic carbocycles. The Morgan fingerprint density at radius 1 is 1.15 bits per heavy atom. The molecule has 0 aromatic heterocycles. The molecule has 0 saturated carbocycles. The lowest BCUT2D eigenvalue weighted by atomic mass is 10.1. The molecule has 2 aromatic rings. The Bertz CT molecular complexity index is 566. The largest absolute Gasteiger partial charge is 0.497 e. The fourth-order valence-electron chi connectivity index (χ4n) is 2.19. The predicted molar refractivity (Wildman–Crippen MR) is 88.7 cm³/mol. The van der Waals surface area contributed by atoms with E-state index in [0.29, 0.717) is 6.04 Å². The summed E-state index contributed by atoms with van der Waals surface area (Å²) in [6.07, 6.45) is 0.985. The lowest BCUT2D eigenvalue weighted by molar-refractivity contribution is 0.414. The number of ether oxygens (including phenoxy) is 1. The zero-order valence-corrected chi connectivity index (χ0v) is 13.7. The number of hydrogen-bond donors (Lipinski definition) is 1. The quantitative estimate of drug-likeness (QED) is 0.847. The van der Waals surface area contributed by atoms with Crippen LogP contribution in [0.1, 0.15) is 18.1 Å². The summed E-state index contributed by atoms with van der Waals surface area (Å²) in [4.78, 5) is 0. The van der Waals surface area contributed by atoms with E-state index in [2.05, 4.69) is 65.4 Å². The van der Waals surface area contributed by atoms with E-state index in [0.717, 1.165) is 22.3 Å². The third kappa shape index (κ3) is 4.01. The van der Waals surface area contributed by atoms with Crippen LogP contribution in [0.4, 0.5) is 5.69 Å². The molecule has 106 valence electrons. The number of hydrogen-bond acceptors (Lipinski definition) is 2. The molecule has 2 rings (SSSR count). The van der Waals surface area contributed by atoms with Crippen molar-refractivity contribution in [3.63, 3.8) is 0 Å². The molecule has 0 spiro atoms. The molecule has 0 fully saturated rings. The molecule has 1 atom stereocenters. The van der Waals surface area contributed by atoms with E-state index in [1.54, 1.807) is 7.11 Å². The summed E-state index contributed by atoms with van der Waals surface area (Å²) in [5, 5.41) is 3.53. The van der Waals surface area contributed by atoms with Gasteiger partial charge in [0.25, 0.3) is 0 Å². The van der Waals surface area contributed by atoms with Gasteiger partial charge >= 0.3 is 0 Å². The summed E-state index contributed by atoms with van der Waals surface area (Å²) in [7, 11) is 1.69. The minimum atomic E-state index is 0.379. The van der Waals surface area contributed by atoms with Gasteiger partial charge in [0.15, 0.2) is 0 Å². The first-order valence-electron chi connectivity index (χ1n) is 6.74. The van der Waals surface area contributed by atoms with Crippen molar-refractivity contribution in [1.29, 1.82) is 0 Å². The van der Waals surface area contributed by atoms with E-state index >= 15 is 0 Å². The number of halogens is 1. The van der Waals surface area contributed by atoms with Crippen molar-refractivity contribution in [2.45, 2.75) is 26.3 Å². The van der Waals surface area contributed by atoms with Crippen LogP contribution in [0.5, 0.6) is 5.75 Å². The molecular weight excluding hydrogens is 314 g/mol. The van der Waals surface area contributed by atoms with E-state index in [-0.39, 0.29) is 0 Å². The van der Waals surface area contributed by atoms with Crippen molar-refractivity contribution < 1.29 is 4.74 Å². The van der Waals surface area contributed by atoms with Crippen molar-refractivity contribution in [2.24, 2.45) is 0 Å². The van der Waals surface area contributed by atoms with Crippen molar-refractivity contribution >= 4 is 21.6 Å². The van der Waals surface area contributed by atoms with Gasteiger partial charge in [0, 0.05) is 16.2 Å². The third-order valence-electron chi connectivity index (χ3n) is 3.27. The first-order valence-corrected chi connectivity index (χ1v) is 7.53. The molecule has 0 aliphatic rings. The van der Waals surface area contributed by atoms with Gasteiger partial charge in [-0.1, -0.05) is 28.1 Å². The van der Waals surface area contributed by atoms with E-state index in [1.807, 2.05) is 12.1 Å². The molecule has 1 unspecified atom stereocenters. The number of nitrogens with one attached hydrogen (secondary N) is 1. The maximum Gasteiger partial charge on any atom is 0.118 e. The summed E-state index contributed by atoms with van der Waals surface area (Å²) in [5.74, 6) is 0.901. The van der Waals surface area contributed by atoms with Crippen molar-refractivity contribution in [1.82, 2.24) is 0 Å². The van der Waals surface area contributed by atoms with Crippen LogP contribution in [0.3, 0.4) is 0 Å². The van der Waals surface area contributed by atoms with E-state index < -0.39 is 0 Å². The molecular formula is C17H20BrNO. The standard InChI is InChI=1S/C17H20BrNO/c1-12-10-15(6-9-17(12)18)19-13(2)11-14-4-7-16(20-3)8-5-14/h4-10,13,19H,11H2,1-3H3. The van der Waals surface area contributed by atoms with Crippen LogP contribution in [-0.2, 0) is 6.42 Å². The third-order valence-corrected chi connectivity index (χ3v) is 4.16. The minimum Gasteiger partial charge on any atom is -0.497 e. The van der Waals surface area contributed by atoms with Gasteiger partial charge < -0.3 is 10.1 Å². The van der Waals surface area contributed by atoms with Gasteiger partial charge in [-0.3, -0.25) is 0 Å². The van der Waals surface area contributed by atoms with E-state index in [9.17, 15) is 0 Å². The van der Waals surface area contributed by atoms with Crippen molar-refractivity contribution in [3.8, 4) is 5.75 Å². The number of anilines is 1. The Morgan fingerprint density at radius 2 is 1.85 bits per heavy atom. The van der Waals surface area contributed by atoms with Crippen molar-refractivity contribution in [2.75, 3.05) is 12.4 Å². The molecule has 0 amide bonds. The summed E-state index contributed by atoms with van der Waals surface area (Å²) in [5.41, 5.74) is 3.71. The van der Waals surface area contributed by atoms with Crippen LogP contribution in [-0.4, -0.2) is 13.2 Å². The lowest BCUT2D eigenvalue weighted by Gasteiger charge is -2.16. The second kappa shape index (κ2) is 6.80. The lowest BCUT2D eigenvalue weighted by Crippen LogP contribution is -2.18. The van der Waals surface area contributed by atoms with Crippen LogP contribution in [0, 0.1) is 6.92 Å². The number of rotatable bonds is 5. The highest BCUT2D eigenvalue weighted by Crippen LogP contribution is 2.21. The highest BCUT2D eigenvalue weighted by atomic mass is 79.9. The smallest absolute Gasteiger partial charge is 0.118 e. The second-order valence-corrected chi connectivity index (χ2v) is 5.92. The van der Waals surface area contributed by atoms with Gasteiger partial charge in [-0.05, 0) is 61.7 Å². The minimum absolute atomic E-state index is 0.379. The Morgan fingerprint density at radius 3 is 2.45 bits per heavy atom. The van der Waals surface area contributed by atoms with Crippen LogP contribution < -0.4 is 10.1 Å². The summed E-state index contributed by atoms with van der Waals surface area (Å²) < 4.78 is 6.32. The average Bonchev–Trinajstić information content (AvgIpc) is 2.44. The highest BCUT2D eigenvalue weighted by Gasteiger charge is 2.05. The molecule has 0 saturated heterocycles. The molecule has 0 aliphatic carbocycles. The average molecular weight is 334 g/mol. The molecule has 0 radical (unpaired) electrons. The Hall–Kier alpha value is -1.48. The molecule has 0 bridgehead atoms. The van der Waals surface area contributed by atoms with Gasteiger partial charge in [0.2, 0.25) is 0 Å². The summed E-state index contributed by atoms with van der Waals surface area (Å²) in [6, 6.07) is 15.0.